The van der Waals surface area contributed by atoms with Crippen molar-refractivity contribution in [1.82, 2.24) is 10.2 Å². The minimum Gasteiger partial charge on any atom is -0.490 e. The van der Waals surface area contributed by atoms with E-state index in [1.807, 2.05) is 6.07 Å². The average molecular weight is 474 g/mol. The molecule has 0 saturated heterocycles. The molecular formula is C24H25F3N4O3. The van der Waals surface area contributed by atoms with Crippen molar-refractivity contribution in [3.05, 3.63) is 52.8 Å². The van der Waals surface area contributed by atoms with Gasteiger partial charge in [0.05, 0.1) is 29.0 Å². The molecule has 0 aliphatic heterocycles. The molecule has 2 aliphatic rings. The van der Waals surface area contributed by atoms with Gasteiger partial charge in [-0.05, 0) is 81.7 Å². The van der Waals surface area contributed by atoms with Gasteiger partial charge in [0.25, 0.3) is 0 Å². The lowest BCUT2D eigenvalue weighted by atomic mass is 9.69. The molecule has 34 heavy (non-hydrogen) atoms. The highest BCUT2D eigenvalue weighted by Crippen LogP contribution is 2.53. The predicted molar refractivity (Wildman–Crippen MR) is 114 cm³/mol. The van der Waals surface area contributed by atoms with Crippen LogP contribution in [0, 0.1) is 23.2 Å². The highest BCUT2D eigenvalue weighted by molar-refractivity contribution is 5.93. The van der Waals surface area contributed by atoms with Crippen LogP contribution in [0.25, 0.3) is 0 Å². The molecule has 2 fully saturated rings. The van der Waals surface area contributed by atoms with E-state index in [1.165, 1.54) is 6.07 Å². The number of hydrogen-bond acceptors (Lipinski definition) is 7. The third kappa shape index (κ3) is 4.44. The van der Waals surface area contributed by atoms with Gasteiger partial charge in [-0.25, -0.2) is 4.79 Å². The summed E-state index contributed by atoms with van der Waals surface area (Å²) in [4.78, 5) is 12.6. The van der Waals surface area contributed by atoms with Crippen molar-refractivity contribution in [2.24, 2.45) is 17.6 Å². The predicted octanol–water partition coefficient (Wildman–Crippen LogP) is 4.35. The summed E-state index contributed by atoms with van der Waals surface area (Å²) in [5, 5.41) is 17.1. The standard InChI is InChI=1S/C24H25F3N4O3/c1-13(2)33-22(32)19-11-16(24(25,26)27)5-7-20(19)34-18-9-14-3-4-15(10-18)23(14,29)21-8-6-17(12-28)30-31-21/h5-8,11,13-15,18H,3-4,9-10,29H2,1-2H3. The van der Waals surface area contributed by atoms with E-state index in [9.17, 15) is 18.0 Å². The van der Waals surface area contributed by atoms with Gasteiger partial charge in [0, 0.05) is 0 Å². The number of alkyl halides is 3. The van der Waals surface area contributed by atoms with Crippen LogP contribution in [-0.4, -0.2) is 28.4 Å². The van der Waals surface area contributed by atoms with Gasteiger partial charge >= 0.3 is 12.1 Å². The Bertz CT molecular complexity index is 1100. The number of aromatic nitrogens is 2. The van der Waals surface area contributed by atoms with E-state index in [4.69, 9.17) is 20.5 Å². The molecular weight excluding hydrogens is 449 g/mol. The van der Waals surface area contributed by atoms with Crippen LogP contribution in [0.2, 0.25) is 0 Å². The van der Waals surface area contributed by atoms with Crippen LogP contribution in [0.5, 0.6) is 5.75 Å². The van der Waals surface area contributed by atoms with Crippen molar-refractivity contribution in [2.75, 3.05) is 0 Å². The minimum atomic E-state index is -4.60. The van der Waals surface area contributed by atoms with E-state index in [0.29, 0.717) is 18.5 Å². The normalized spacial score (nSPS) is 26.2. The number of benzene rings is 1. The SMILES string of the molecule is CC(C)OC(=O)c1cc(C(F)(F)F)ccc1OC1CC2CCC(C1)C2(N)c1ccc(C#N)nn1. The first-order valence-corrected chi connectivity index (χ1v) is 11.1. The van der Waals surface area contributed by atoms with Crippen molar-refractivity contribution in [3.63, 3.8) is 0 Å². The number of ether oxygens (including phenoxy) is 2. The minimum absolute atomic E-state index is 0.0130. The fraction of sp³-hybridized carbons (Fsp3) is 0.500. The molecule has 2 N–H and O–H groups in total. The summed E-state index contributed by atoms with van der Waals surface area (Å²) in [6.45, 7) is 3.25. The van der Waals surface area contributed by atoms with E-state index >= 15 is 0 Å². The summed E-state index contributed by atoms with van der Waals surface area (Å²) in [6.07, 6.45) is -2.63. The van der Waals surface area contributed by atoms with Crippen molar-refractivity contribution in [3.8, 4) is 11.8 Å². The molecule has 2 unspecified atom stereocenters. The Morgan fingerprint density at radius 3 is 2.38 bits per heavy atom. The largest absolute Gasteiger partial charge is 0.490 e. The highest BCUT2D eigenvalue weighted by atomic mass is 19.4. The van der Waals surface area contributed by atoms with E-state index in [2.05, 4.69) is 10.2 Å². The van der Waals surface area contributed by atoms with Crippen molar-refractivity contribution >= 4 is 5.97 Å². The molecule has 1 heterocycles. The Hall–Kier alpha value is -3.19. The molecule has 2 saturated carbocycles. The lowest BCUT2D eigenvalue weighted by Gasteiger charge is -2.43. The Morgan fingerprint density at radius 2 is 1.85 bits per heavy atom. The fourth-order valence-electron chi connectivity index (χ4n) is 5.13. The van der Waals surface area contributed by atoms with Gasteiger partial charge in [-0.15, -0.1) is 5.10 Å². The molecule has 2 bridgehead atoms. The van der Waals surface area contributed by atoms with Crippen molar-refractivity contribution < 1.29 is 27.4 Å². The molecule has 1 aromatic carbocycles. The average Bonchev–Trinajstić information content (AvgIpc) is 2.95. The topological polar surface area (TPSA) is 111 Å². The zero-order valence-electron chi connectivity index (χ0n) is 18.8. The zero-order valence-corrected chi connectivity index (χ0v) is 18.8. The maximum absolute atomic E-state index is 13.3. The third-order valence-corrected chi connectivity index (χ3v) is 6.70. The molecule has 1 aromatic heterocycles. The lowest BCUT2D eigenvalue weighted by Crippen LogP contribution is -2.52. The van der Waals surface area contributed by atoms with Gasteiger partial charge in [-0.2, -0.15) is 23.5 Å². The molecule has 0 radical (unpaired) electrons. The number of fused-ring (bicyclic) bond motifs is 2. The first-order valence-electron chi connectivity index (χ1n) is 11.1. The summed E-state index contributed by atoms with van der Waals surface area (Å²) in [5.41, 5.74) is 5.75. The zero-order chi connectivity index (χ0) is 24.7. The second-order valence-corrected chi connectivity index (χ2v) is 9.19. The highest BCUT2D eigenvalue weighted by Gasteiger charge is 2.54. The van der Waals surface area contributed by atoms with Crippen LogP contribution in [0.1, 0.15) is 66.8 Å². The van der Waals surface area contributed by atoms with E-state index < -0.39 is 29.4 Å². The second-order valence-electron chi connectivity index (χ2n) is 9.19. The summed E-state index contributed by atoms with van der Waals surface area (Å²) in [7, 11) is 0. The molecule has 2 aromatic rings. The molecule has 4 rings (SSSR count). The number of carbonyl (C=O) groups is 1. The number of nitrogens with zero attached hydrogens (tertiary/aromatic N) is 3. The fourth-order valence-corrected chi connectivity index (χ4v) is 5.13. The number of carbonyl (C=O) groups excluding carboxylic acids is 1. The Balaban J connectivity index is 1.57. The maximum Gasteiger partial charge on any atom is 0.416 e. The number of hydrogen-bond donors (Lipinski definition) is 1. The summed E-state index contributed by atoms with van der Waals surface area (Å²) >= 11 is 0. The van der Waals surface area contributed by atoms with Crippen molar-refractivity contribution in [2.45, 2.75) is 63.5 Å². The summed E-state index contributed by atoms with van der Waals surface area (Å²) < 4.78 is 51.0. The Labute approximate surface area is 195 Å². The van der Waals surface area contributed by atoms with Gasteiger partial charge in [0.1, 0.15) is 17.4 Å². The van der Waals surface area contributed by atoms with E-state index in [1.54, 1.807) is 26.0 Å². The van der Waals surface area contributed by atoms with Crippen LogP contribution in [0.4, 0.5) is 13.2 Å². The number of halogens is 3. The molecule has 7 nitrogen and oxygen atoms in total. The first-order chi connectivity index (χ1) is 16.0. The molecule has 10 heteroatoms. The first kappa shape index (κ1) is 24.0. The Kier molecular flexibility index (Phi) is 6.25. The van der Waals surface area contributed by atoms with Crippen molar-refractivity contribution in [1.29, 1.82) is 5.26 Å². The summed E-state index contributed by atoms with van der Waals surface area (Å²) in [5.74, 6) is -0.778. The van der Waals surface area contributed by atoms with Crippen LogP contribution in [0.15, 0.2) is 30.3 Å². The molecule has 180 valence electrons. The summed E-state index contributed by atoms with van der Waals surface area (Å²) in [6, 6.07) is 8.11. The van der Waals surface area contributed by atoms with Gasteiger partial charge in [-0.3, -0.25) is 0 Å². The van der Waals surface area contributed by atoms with Gasteiger partial charge in [-0.1, -0.05) is 0 Å². The molecule has 2 aliphatic carbocycles. The lowest BCUT2D eigenvalue weighted by molar-refractivity contribution is -0.137. The van der Waals surface area contributed by atoms with Gasteiger partial charge < -0.3 is 15.2 Å². The maximum atomic E-state index is 13.3. The van der Waals surface area contributed by atoms with E-state index in [-0.39, 0.29) is 34.9 Å². The number of nitrogens with two attached hydrogens (primary N) is 1. The Morgan fingerprint density at radius 1 is 1.18 bits per heavy atom. The van der Waals surface area contributed by atoms with E-state index in [0.717, 1.165) is 25.0 Å². The second kappa shape index (κ2) is 8.87. The molecule has 0 amide bonds. The molecule has 0 spiro atoms. The quantitative estimate of drug-likeness (QED) is 0.641. The smallest absolute Gasteiger partial charge is 0.416 e. The number of esters is 1. The third-order valence-electron chi connectivity index (χ3n) is 6.70. The monoisotopic (exact) mass is 474 g/mol. The number of rotatable bonds is 5. The van der Waals surface area contributed by atoms with Crippen LogP contribution >= 0.6 is 0 Å². The van der Waals surface area contributed by atoms with Crippen LogP contribution in [0.3, 0.4) is 0 Å². The number of nitriles is 1. The molecule has 2 atom stereocenters. The van der Waals surface area contributed by atoms with Crippen LogP contribution in [-0.2, 0) is 16.5 Å². The van der Waals surface area contributed by atoms with Crippen LogP contribution < -0.4 is 10.5 Å². The van der Waals surface area contributed by atoms with Gasteiger partial charge in [0.15, 0.2) is 5.69 Å². The van der Waals surface area contributed by atoms with Gasteiger partial charge in [0.2, 0.25) is 0 Å².